The average Bonchev–Trinajstić information content (AvgIpc) is 2.35. The minimum absolute atomic E-state index is 0.210. The number of nitrogens with one attached hydrogen (secondary N) is 1. The molecule has 21 heavy (non-hydrogen) atoms. The summed E-state index contributed by atoms with van der Waals surface area (Å²) in [4.78, 5) is -0.892. The van der Waals surface area contributed by atoms with Crippen LogP contribution in [0.2, 0.25) is 5.02 Å². The second-order valence-electron chi connectivity index (χ2n) is 4.71. The molecule has 1 rings (SSSR count). The summed E-state index contributed by atoms with van der Waals surface area (Å²) in [7, 11) is -4.38. The first kappa shape index (κ1) is 18.2. The highest BCUT2D eigenvalue weighted by molar-refractivity contribution is 7.89. The molecule has 2 atom stereocenters. The Balaban J connectivity index is 3.26. The number of sulfonamides is 1. The molecule has 1 aromatic rings. The van der Waals surface area contributed by atoms with Crippen molar-refractivity contribution >= 4 is 21.6 Å². The zero-order chi connectivity index (χ0) is 16.4. The van der Waals surface area contributed by atoms with Gasteiger partial charge in [0.15, 0.2) is 0 Å². The Kier molecular flexibility index (Phi) is 5.65. The van der Waals surface area contributed by atoms with E-state index in [1.807, 2.05) is 0 Å². The van der Waals surface area contributed by atoms with Gasteiger partial charge in [-0.3, -0.25) is 0 Å². The molecule has 0 saturated heterocycles. The maximum Gasteiger partial charge on any atom is 0.417 e. The summed E-state index contributed by atoms with van der Waals surface area (Å²) in [6.07, 6.45) is -4.85. The lowest BCUT2D eigenvalue weighted by molar-refractivity contribution is -0.139. The molecule has 0 aliphatic rings. The Hall–Kier alpha value is -0.830. The summed E-state index contributed by atoms with van der Waals surface area (Å²) < 4.78 is 65.1. The fourth-order valence-corrected chi connectivity index (χ4v) is 3.27. The Morgan fingerprint density at radius 1 is 1.33 bits per heavy atom. The topological polar surface area (TPSA) is 66.4 Å². The first-order chi connectivity index (χ1) is 9.49. The fourth-order valence-electron chi connectivity index (χ4n) is 1.54. The highest BCUT2D eigenvalue weighted by atomic mass is 35.5. The van der Waals surface area contributed by atoms with Crippen molar-refractivity contribution in [2.45, 2.75) is 31.0 Å². The van der Waals surface area contributed by atoms with E-state index in [1.54, 1.807) is 6.92 Å². The third-order valence-electron chi connectivity index (χ3n) is 3.02. The quantitative estimate of drug-likeness (QED) is 0.862. The number of alkyl halides is 3. The van der Waals surface area contributed by atoms with Crippen molar-refractivity contribution in [1.82, 2.24) is 4.72 Å². The van der Waals surface area contributed by atoms with Crippen molar-refractivity contribution in [3.63, 3.8) is 0 Å². The first-order valence-corrected chi connectivity index (χ1v) is 7.85. The summed E-state index contributed by atoms with van der Waals surface area (Å²) >= 11 is 5.50. The standard InChI is InChI=1S/C12H15ClF3NO3S/c1-7(6-18)8(2)17-21(19,20)11-4-3-9(13)5-10(11)12(14,15)16/h3-5,7-8,17-18H,6H2,1-2H3. The fraction of sp³-hybridized carbons (Fsp3) is 0.500. The number of hydrogen-bond donors (Lipinski definition) is 2. The molecule has 0 bridgehead atoms. The van der Waals surface area contributed by atoms with Crippen molar-refractivity contribution in [3.8, 4) is 0 Å². The molecular formula is C12H15ClF3NO3S. The second kappa shape index (κ2) is 6.51. The molecule has 2 N–H and O–H groups in total. The summed E-state index contributed by atoms with van der Waals surface area (Å²) in [5.41, 5.74) is -1.33. The lowest BCUT2D eigenvalue weighted by atomic mass is 10.1. The van der Waals surface area contributed by atoms with Crippen molar-refractivity contribution in [1.29, 1.82) is 0 Å². The van der Waals surface area contributed by atoms with E-state index in [0.29, 0.717) is 6.07 Å². The van der Waals surface area contributed by atoms with E-state index in [0.717, 1.165) is 12.1 Å². The van der Waals surface area contributed by atoms with Gasteiger partial charge in [-0.05, 0) is 31.0 Å². The van der Waals surface area contributed by atoms with Gasteiger partial charge in [0.2, 0.25) is 10.0 Å². The van der Waals surface area contributed by atoms with Crippen LogP contribution < -0.4 is 4.72 Å². The van der Waals surface area contributed by atoms with Crippen molar-refractivity contribution in [2.24, 2.45) is 5.92 Å². The zero-order valence-electron chi connectivity index (χ0n) is 11.3. The van der Waals surface area contributed by atoms with Gasteiger partial charge in [0.1, 0.15) is 0 Å². The number of aliphatic hydroxyl groups excluding tert-OH is 1. The van der Waals surface area contributed by atoms with Crippen LogP contribution in [0.25, 0.3) is 0 Å². The predicted octanol–water partition coefficient (Wildman–Crippen LogP) is 2.65. The van der Waals surface area contributed by atoms with Crippen molar-refractivity contribution in [3.05, 3.63) is 28.8 Å². The molecule has 120 valence electrons. The molecule has 0 aliphatic heterocycles. The van der Waals surface area contributed by atoms with Gasteiger partial charge in [-0.1, -0.05) is 18.5 Å². The molecule has 0 fully saturated rings. The molecular weight excluding hydrogens is 331 g/mol. The monoisotopic (exact) mass is 345 g/mol. The van der Waals surface area contributed by atoms with E-state index >= 15 is 0 Å². The highest BCUT2D eigenvalue weighted by Gasteiger charge is 2.38. The number of hydrogen-bond acceptors (Lipinski definition) is 3. The van der Waals surface area contributed by atoms with Gasteiger partial charge in [-0.2, -0.15) is 13.2 Å². The number of benzene rings is 1. The maximum atomic E-state index is 12.9. The van der Waals surface area contributed by atoms with Gasteiger partial charge in [-0.15, -0.1) is 0 Å². The third kappa shape index (κ3) is 4.57. The smallest absolute Gasteiger partial charge is 0.396 e. The van der Waals surface area contributed by atoms with Crippen LogP contribution in [-0.4, -0.2) is 26.2 Å². The normalized spacial score (nSPS) is 15.8. The van der Waals surface area contributed by atoms with Crippen LogP contribution in [0, 0.1) is 5.92 Å². The van der Waals surface area contributed by atoms with E-state index in [1.165, 1.54) is 6.92 Å². The highest BCUT2D eigenvalue weighted by Crippen LogP contribution is 2.35. The summed E-state index contributed by atoms with van der Waals surface area (Å²) in [6, 6.07) is 1.72. The first-order valence-electron chi connectivity index (χ1n) is 5.99. The van der Waals surface area contributed by atoms with E-state index in [2.05, 4.69) is 4.72 Å². The molecule has 0 aromatic heterocycles. The number of rotatable bonds is 5. The van der Waals surface area contributed by atoms with Crippen LogP contribution in [0.4, 0.5) is 13.2 Å². The molecule has 0 heterocycles. The van der Waals surface area contributed by atoms with Gasteiger partial charge in [-0.25, -0.2) is 13.1 Å². The Labute approximate surface area is 126 Å². The van der Waals surface area contributed by atoms with Crippen molar-refractivity contribution in [2.75, 3.05) is 6.61 Å². The lowest BCUT2D eigenvalue weighted by Gasteiger charge is -2.21. The van der Waals surface area contributed by atoms with Gasteiger partial charge in [0.05, 0.1) is 10.5 Å². The third-order valence-corrected chi connectivity index (χ3v) is 4.87. The predicted molar refractivity (Wildman–Crippen MR) is 72.5 cm³/mol. The molecule has 0 amide bonds. The molecule has 4 nitrogen and oxygen atoms in total. The molecule has 9 heteroatoms. The van der Waals surface area contributed by atoms with E-state index in [-0.39, 0.29) is 11.6 Å². The average molecular weight is 346 g/mol. The second-order valence-corrected chi connectivity index (χ2v) is 6.83. The van der Waals surface area contributed by atoms with Crippen LogP contribution >= 0.6 is 11.6 Å². The van der Waals surface area contributed by atoms with E-state index in [4.69, 9.17) is 16.7 Å². The van der Waals surface area contributed by atoms with Gasteiger partial charge < -0.3 is 5.11 Å². The van der Waals surface area contributed by atoms with Gasteiger partial charge in [0, 0.05) is 17.7 Å². The number of halogens is 4. The van der Waals surface area contributed by atoms with Crippen LogP contribution in [0.5, 0.6) is 0 Å². The SMILES string of the molecule is CC(CO)C(C)NS(=O)(=O)c1ccc(Cl)cc1C(F)(F)F. The minimum Gasteiger partial charge on any atom is -0.396 e. The molecule has 0 radical (unpaired) electrons. The summed E-state index contributed by atoms with van der Waals surface area (Å²) in [5.74, 6) is -0.443. The molecule has 0 spiro atoms. The Morgan fingerprint density at radius 2 is 1.90 bits per heavy atom. The Bertz CT molecular complexity index is 604. The van der Waals surface area contributed by atoms with E-state index < -0.39 is 38.6 Å². The van der Waals surface area contributed by atoms with E-state index in [9.17, 15) is 21.6 Å². The zero-order valence-corrected chi connectivity index (χ0v) is 12.9. The van der Waals surface area contributed by atoms with Crippen LogP contribution in [-0.2, 0) is 16.2 Å². The minimum atomic E-state index is -4.85. The van der Waals surface area contributed by atoms with Crippen molar-refractivity contribution < 1.29 is 26.7 Å². The lowest BCUT2D eigenvalue weighted by Crippen LogP contribution is -2.39. The maximum absolute atomic E-state index is 12.9. The largest absolute Gasteiger partial charge is 0.417 e. The number of aliphatic hydroxyl groups is 1. The van der Waals surface area contributed by atoms with Crippen LogP contribution in [0.15, 0.2) is 23.1 Å². The van der Waals surface area contributed by atoms with Gasteiger partial charge >= 0.3 is 6.18 Å². The molecule has 1 aromatic carbocycles. The summed E-state index contributed by atoms with van der Waals surface area (Å²) in [6.45, 7) is 2.73. The molecule has 2 unspecified atom stereocenters. The molecule has 0 saturated carbocycles. The van der Waals surface area contributed by atoms with Crippen LogP contribution in [0.1, 0.15) is 19.4 Å². The van der Waals surface area contributed by atoms with Crippen LogP contribution in [0.3, 0.4) is 0 Å². The Morgan fingerprint density at radius 3 is 2.38 bits per heavy atom. The summed E-state index contributed by atoms with van der Waals surface area (Å²) in [5, 5.41) is 8.75. The van der Waals surface area contributed by atoms with Gasteiger partial charge in [0.25, 0.3) is 0 Å². The molecule has 0 aliphatic carbocycles.